The number of hydrogen-bond donors (Lipinski definition) is 0. The maximum absolute atomic E-state index is 3.89. The highest BCUT2D eigenvalue weighted by atomic mass is 79.9. The summed E-state index contributed by atoms with van der Waals surface area (Å²) in [7, 11) is 0. The van der Waals surface area contributed by atoms with Crippen molar-refractivity contribution in [1.29, 1.82) is 0 Å². The van der Waals surface area contributed by atoms with Crippen LogP contribution in [0.25, 0.3) is 11.1 Å². The van der Waals surface area contributed by atoms with Crippen LogP contribution in [0, 0.1) is 0 Å². The Labute approximate surface area is 237 Å². The molecule has 0 unspecified atom stereocenters. The molecular weight excluding hydrogens is 536 g/mol. The molecule has 0 aromatic heterocycles. The number of halogens is 1. The Morgan fingerprint density at radius 1 is 0.333 bits per heavy atom. The van der Waals surface area contributed by atoms with Crippen molar-refractivity contribution >= 4 is 15.9 Å². The molecule has 0 N–H and O–H groups in total. The van der Waals surface area contributed by atoms with Gasteiger partial charge in [0.25, 0.3) is 0 Å². The summed E-state index contributed by atoms with van der Waals surface area (Å²) >= 11 is 3.89. The third-order valence-corrected chi connectivity index (χ3v) is 9.38. The lowest BCUT2D eigenvalue weighted by atomic mass is 9.51. The summed E-state index contributed by atoms with van der Waals surface area (Å²) in [5, 5.41) is 0. The molecule has 0 radical (unpaired) electrons. The molecule has 8 rings (SSSR count). The number of rotatable bonds is 2. The van der Waals surface area contributed by atoms with Gasteiger partial charge in [0.15, 0.2) is 0 Å². The van der Waals surface area contributed by atoms with Crippen molar-refractivity contribution in [3.63, 3.8) is 0 Å². The molecule has 0 aliphatic heterocycles. The topological polar surface area (TPSA) is 0 Å². The Morgan fingerprint density at radius 3 is 1.28 bits per heavy atom. The molecule has 2 aliphatic rings. The Balaban J connectivity index is 1.63. The average molecular weight is 562 g/mol. The summed E-state index contributed by atoms with van der Waals surface area (Å²) in [6.07, 6.45) is 0. The molecule has 184 valence electrons. The van der Waals surface area contributed by atoms with E-state index in [1.54, 1.807) is 0 Å². The molecule has 0 heterocycles. The molecule has 0 atom stereocenters. The molecule has 1 spiro atoms. The smallest absolute Gasteiger partial charge is 0.0622 e. The fourth-order valence-corrected chi connectivity index (χ4v) is 7.92. The van der Waals surface area contributed by atoms with E-state index in [9.17, 15) is 0 Å². The van der Waals surface area contributed by atoms with Gasteiger partial charge in [-0.25, -0.2) is 0 Å². The largest absolute Gasteiger partial charge is 0.0720 e. The van der Waals surface area contributed by atoms with E-state index in [1.807, 2.05) is 0 Å². The van der Waals surface area contributed by atoms with Crippen LogP contribution >= 0.6 is 15.9 Å². The lowest BCUT2D eigenvalue weighted by Crippen LogP contribution is -2.44. The quantitative estimate of drug-likeness (QED) is 0.197. The zero-order chi connectivity index (χ0) is 26.0. The van der Waals surface area contributed by atoms with Gasteiger partial charge in [0.2, 0.25) is 0 Å². The lowest BCUT2D eigenvalue weighted by Gasteiger charge is -2.50. The van der Waals surface area contributed by atoms with E-state index < -0.39 is 10.8 Å². The molecule has 39 heavy (non-hydrogen) atoms. The van der Waals surface area contributed by atoms with Crippen LogP contribution in [0.5, 0.6) is 0 Å². The maximum atomic E-state index is 3.89. The van der Waals surface area contributed by atoms with Crippen LogP contribution < -0.4 is 0 Å². The standard InChI is InChI=1S/C38H25Br/c39-28-23-24-35-36(25-28)37(26-13-3-1-4-14-26,27-15-5-2-6-16-27)33-21-11-12-22-34(33)38(35)31-19-9-7-17-29(31)30-18-8-10-20-32(30)38/h1-25H. The van der Waals surface area contributed by atoms with Crippen molar-refractivity contribution < 1.29 is 0 Å². The second-order valence-electron chi connectivity index (χ2n) is 10.6. The summed E-state index contributed by atoms with van der Waals surface area (Å²) in [4.78, 5) is 0. The summed E-state index contributed by atoms with van der Waals surface area (Å²) < 4.78 is 1.09. The van der Waals surface area contributed by atoms with Gasteiger partial charge in [-0.05, 0) is 67.8 Å². The molecule has 1 heteroatoms. The molecule has 0 saturated carbocycles. The van der Waals surface area contributed by atoms with Gasteiger partial charge in [0.1, 0.15) is 0 Å². The minimum absolute atomic E-state index is 0.410. The summed E-state index contributed by atoms with van der Waals surface area (Å²) in [6, 6.07) is 56.2. The van der Waals surface area contributed by atoms with E-state index in [2.05, 4.69) is 168 Å². The number of hydrogen-bond acceptors (Lipinski definition) is 0. The van der Waals surface area contributed by atoms with Crippen molar-refractivity contribution in [2.24, 2.45) is 0 Å². The summed E-state index contributed by atoms with van der Waals surface area (Å²) in [5.74, 6) is 0. The van der Waals surface area contributed by atoms with E-state index >= 15 is 0 Å². The first-order valence-corrected chi connectivity index (χ1v) is 14.3. The van der Waals surface area contributed by atoms with E-state index in [4.69, 9.17) is 0 Å². The van der Waals surface area contributed by atoms with Crippen LogP contribution in [-0.2, 0) is 10.8 Å². The molecule has 6 aromatic rings. The Kier molecular flexibility index (Phi) is 4.90. The fraction of sp³-hybridized carbons (Fsp3) is 0.0526. The second kappa shape index (κ2) is 8.40. The monoisotopic (exact) mass is 560 g/mol. The molecule has 0 bridgehead atoms. The third kappa shape index (κ3) is 2.84. The van der Waals surface area contributed by atoms with Gasteiger partial charge in [-0.2, -0.15) is 0 Å². The Morgan fingerprint density at radius 2 is 0.744 bits per heavy atom. The number of fused-ring (bicyclic) bond motifs is 9. The zero-order valence-electron chi connectivity index (χ0n) is 21.3. The number of benzene rings is 6. The van der Waals surface area contributed by atoms with Gasteiger partial charge < -0.3 is 0 Å². The maximum Gasteiger partial charge on any atom is 0.0720 e. The van der Waals surface area contributed by atoms with Gasteiger partial charge >= 0.3 is 0 Å². The van der Waals surface area contributed by atoms with E-state index in [0.717, 1.165) is 4.47 Å². The minimum Gasteiger partial charge on any atom is -0.0622 e. The van der Waals surface area contributed by atoms with E-state index in [-0.39, 0.29) is 0 Å². The second-order valence-corrected chi connectivity index (χ2v) is 11.5. The van der Waals surface area contributed by atoms with Gasteiger partial charge in [0.05, 0.1) is 10.8 Å². The highest BCUT2D eigenvalue weighted by Crippen LogP contribution is 2.64. The lowest BCUT2D eigenvalue weighted by molar-refractivity contribution is 0.623. The van der Waals surface area contributed by atoms with Crippen molar-refractivity contribution in [2.75, 3.05) is 0 Å². The van der Waals surface area contributed by atoms with E-state index in [0.29, 0.717) is 0 Å². The first kappa shape index (κ1) is 22.8. The molecule has 0 nitrogen and oxygen atoms in total. The molecule has 6 aromatic carbocycles. The van der Waals surface area contributed by atoms with Crippen LogP contribution in [-0.4, -0.2) is 0 Å². The summed E-state index contributed by atoms with van der Waals surface area (Å²) in [6.45, 7) is 0. The van der Waals surface area contributed by atoms with Gasteiger partial charge in [0, 0.05) is 4.47 Å². The first-order valence-electron chi connectivity index (χ1n) is 13.5. The normalized spacial score (nSPS) is 15.2. The zero-order valence-corrected chi connectivity index (χ0v) is 22.9. The molecule has 0 fully saturated rings. The first-order chi connectivity index (χ1) is 19.3. The van der Waals surface area contributed by atoms with E-state index in [1.165, 1.54) is 55.6 Å². The fourth-order valence-electron chi connectivity index (χ4n) is 7.56. The third-order valence-electron chi connectivity index (χ3n) is 8.89. The Bertz CT molecular complexity index is 1780. The summed E-state index contributed by atoms with van der Waals surface area (Å²) in [5.41, 5.74) is 12.4. The molecule has 0 saturated heterocycles. The average Bonchev–Trinajstić information content (AvgIpc) is 3.30. The van der Waals surface area contributed by atoms with Gasteiger partial charge in [-0.1, -0.05) is 155 Å². The van der Waals surface area contributed by atoms with Crippen LogP contribution in [0.3, 0.4) is 0 Å². The van der Waals surface area contributed by atoms with Crippen molar-refractivity contribution in [2.45, 2.75) is 10.8 Å². The molecule has 2 aliphatic carbocycles. The molecule has 0 amide bonds. The van der Waals surface area contributed by atoms with Crippen LogP contribution in [0.15, 0.2) is 156 Å². The Hall–Kier alpha value is -4.20. The van der Waals surface area contributed by atoms with Crippen molar-refractivity contribution in [3.8, 4) is 11.1 Å². The highest BCUT2D eigenvalue weighted by molar-refractivity contribution is 9.10. The van der Waals surface area contributed by atoms with Crippen LogP contribution in [0.4, 0.5) is 0 Å². The van der Waals surface area contributed by atoms with Crippen LogP contribution in [0.2, 0.25) is 0 Å². The van der Waals surface area contributed by atoms with Gasteiger partial charge in [-0.3, -0.25) is 0 Å². The minimum atomic E-state index is -0.476. The van der Waals surface area contributed by atoms with Crippen molar-refractivity contribution in [3.05, 3.63) is 201 Å². The highest BCUT2D eigenvalue weighted by Gasteiger charge is 2.56. The molecular formula is C38H25Br. The van der Waals surface area contributed by atoms with Crippen molar-refractivity contribution in [1.82, 2.24) is 0 Å². The SMILES string of the molecule is Brc1ccc2c(c1)C(c1ccccc1)(c1ccccc1)c1ccccc1C21c2ccccc2-c2ccccc21. The predicted molar refractivity (Wildman–Crippen MR) is 163 cm³/mol. The van der Waals surface area contributed by atoms with Crippen LogP contribution in [0.1, 0.15) is 44.5 Å². The van der Waals surface area contributed by atoms with Gasteiger partial charge in [-0.15, -0.1) is 0 Å². The predicted octanol–water partition coefficient (Wildman–Crippen LogP) is 9.51.